The Labute approximate surface area is 92.6 Å². The number of hydrogen-bond acceptors (Lipinski definition) is 3. The lowest BCUT2D eigenvalue weighted by atomic mass is 10.1. The van der Waals surface area contributed by atoms with E-state index in [0.717, 1.165) is 12.8 Å². The number of phosphoric ester groups is 1. The summed E-state index contributed by atoms with van der Waals surface area (Å²) < 4.78 is 20.4. The predicted molar refractivity (Wildman–Crippen MR) is 60.8 cm³/mol. The second-order valence-electron chi connectivity index (χ2n) is 3.49. The Morgan fingerprint density at radius 3 is 2.20 bits per heavy atom. The van der Waals surface area contributed by atoms with Gasteiger partial charge in [-0.1, -0.05) is 39.0 Å². The van der Waals surface area contributed by atoms with Gasteiger partial charge in [-0.3, -0.25) is 9.05 Å². The Morgan fingerprint density at radius 2 is 1.60 bits per heavy atom. The highest BCUT2D eigenvalue weighted by Crippen LogP contribution is 2.42. The summed E-state index contributed by atoms with van der Waals surface area (Å²) in [5.74, 6) is 0. The van der Waals surface area contributed by atoms with Gasteiger partial charge in [-0.25, -0.2) is 4.57 Å². The molecule has 0 bridgehead atoms. The summed E-state index contributed by atoms with van der Waals surface area (Å²) in [6.45, 7) is 4.34. The van der Waals surface area contributed by atoms with E-state index >= 15 is 0 Å². The van der Waals surface area contributed by atoms with Crippen molar-refractivity contribution in [1.82, 2.24) is 0 Å². The van der Waals surface area contributed by atoms with E-state index in [0.29, 0.717) is 6.61 Å². The maximum absolute atomic E-state index is 11.1. The molecule has 5 heteroatoms. The maximum Gasteiger partial charge on any atom is 0.472 e. The van der Waals surface area contributed by atoms with E-state index in [1.54, 1.807) is 6.92 Å². The van der Waals surface area contributed by atoms with Gasteiger partial charge in [-0.2, -0.15) is 0 Å². The molecule has 1 unspecified atom stereocenters. The zero-order valence-electron chi connectivity index (χ0n) is 9.78. The fraction of sp³-hybridized carbons (Fsp3) is 1.00. The lowest BCUT2D eigenvalue weighted by Gasteiger charge is -2.10. The molecule has 0 heterocycles. The van der Waals surface area contributed by atoms with E-state index in [1.807, 2.05) is 0 Å². The Morgan fingerprint density at radius 1 is 1.00 bits per heavy atom. The summed E-state index contributed by atoms with van der Waals surface area (Å²) in [6.07, 6.45) is 6.76. The second-order valence-corrected chi connectivity index (χ2v) is 4.94. The van der Waals surface area contributed by atoms with Crippen LogP contribution in [0.3, 0.4) is 0 Å². The molecule has 15 heavy (non-hydrogen) atoms. The monoisotopic (exact) mass is 238 g/mol. The molecular formula is C10H23O4P. The Bertz CT molecular complexity index is 184. The topological polar surface area (TPSA) is 55.8 Å². The van der Waals surface area contributed by atoms with Crippen molar-refractivity contribution in [2.75, 3.05) is 13.2 Å². The summed E-state index contributed by atoms with van der Waals surface area (Å²) in [5, 5.41) is 0. The van der Waals surface area contributed by atoms with Gasteiger partial charge < -0.3 is 4.89 Å². The first-order chi connectivity index (χ1) is 7.12. The van der Waals surface area contributed by atoms with Gasteiger partial charge in [0.1, 0.15) is 0 Å². The quantitative estimate of drug-likeness (QED) is 0.467. The summed E-state index contributed by atoms with van der Waals surface area (Å²) in [7, 11) is -3.75. The molecule has 0 aromatic rings. The average molecular weight is 238 g/mol. The van der Waals surface area contributed by atoms with Gasteiger partial charge in [0.25, 0.3) is 0 Å². The van der Waals surface area contributed by atoms with Crippen LogP contribution >= 0.6 is 7.82 Å². The Hall–Kier alpha value is 0.110. The van der Waals surface area contributed by atoms with Gasteiger partial charge >= 0.3 is 7.82 Å². The molecule has 1 N–H and O–H groups in total. The van der Waals surface area contributed by atoms with Gasteiger partial charge in [0, 0.05) is 0 Å². The molecule has 0 rings (SSSR count). The van der Waals surface area contributed by atoms with Crippen molar-refractivity contribution in [3.63, 3.8) is 0 Å². The molecule has 0 saturated heterocycles. The lowest BCUT2D eigenvalue weighted by molar-refractivity contribution is 0.153. The third-order valence-corrected chi connectivity index (χ3v) is 3.14. The third-order valence-electron chi connectivity index (χ3n) is 2.04. The Balaban J connectivity index is 3.26. The molecular weight excluding hydrogens is 215 g/mol. The number of rotatable bonds is 10. The van der Waals surface area contributed by atoms with Crippen LogP contribution in [0.1, 0.15) is 52.4 Å². The van der Waals surface area contributed by atoms with Crippen molar-refractivity contribution >= 4 is 7.82 Å². The van der Waals surface area contributed by atoms with Crippen molar-refractivity contribution in [3.8, 4) is 0 Å². The normalized spacial score (nSPS) is 15.1. The number of phosphoric acid groups is 1. The van der Waals surface area contributed by atoms with Crippen LogP contribution in [0.2, 0.25) is 0 Å². The molecule has 92 valence electrons. The van der Waals surface area contributed by atoms with Crippen molar-refractivity contribution in [1.29, 1.82) is 0 Å². The van der Waals surface area contributed by atoms with E-state index in [9.17, 15) is 4.57 Å². The van der Waals surface area contributed by atoms with Crippen LogP contribution < -0.4 is 0 Å². The predicted octanol–water partition coefficient (Wildman–Crippen LogP) is 3.50. The average Bonchev–Trinajstić information content (AvgIpc) is 2.16. The molecule has 0 aliphatic heterocycles. The zero-order valence-corrected chi connectivity index (χ0v) is 10.7. The van der Waals surface area contributed by atoms with E-state index in [-0.39, 0.29) is 6.61 Å². The first-order valence-corrected chi connectivity index (χ1v) is 7.23. The van der Waals surface area contributed by atoms with Gasteiger partial charge in [0.2, 0.25) is 0 Å². The molecule has 0 spiro atoms. The van der Waals surface area contributed by atoms with Crippen LogP contribution in [-0.4, -0.2) is 18.1 Å². The summed E-state index contributed by atoms with van der Waals surface area (Å²) in [4.78, 5) is 9.07. The smallest absolute Gasteiger partial charge is 0.302 e. The molecule has 0 aromatic carbocycles. The summed E-state index contributed by atoms with van der Waals surface area (Å²) in [5.41, 5.74) is 0. The minimum absolute atomic E-state index is 0.199. The largest absolute Gasteiger partial charge is 0.472 e. The molecule has 0 radical (unpaired) electrons. The minimum Gasteiger partial charge on any atom is -0.302 e. The van der Waals surface area contributed by atoms with Crippen molar-refractivity contribution in [2.24, 2.45) is 0 Å². The summed E-state index contributed by atoms with van der Waals surface area (Å²) >= 11 is 0. The van der Waals surface area contributed by atoms with Crippen LogP contribution in [0.4, 0.5) is 0 Å². The van der Waals surface area contributed by atoms with E-state index < -0.39 is 7.82 Å². The second kappa shape index (κ2) is 9.34. The van der Waals surface area contributed by atoms with Crippen LogP contribution in [-0.2, 0) is 13.6 Å². The first kappa shape index (κ1) is 15.1. The number of unbranched alkanes of at least 4 members (excludes halogenated alkanes) is 5. The Kier molecular flexibility index (Phi) is 9.41. The maximum atomic E-state index is 11.1. The summed E-state index contributed by atoms with van der Waals surface area (Å²) in [6, 6.07) is 0. The van der Waals surface area contributed by atoms with Gasteiger partial charge in [0.05, 0.1) is 13.2 Å². The first-order valence-electron chi connectivity index (χ1n) is 5.74. The van der Waals surface area contributed by atoms with Crippen molar-refractivity contribution in [2.45, 2.75) is 52.4 Å². The van der Waals surface area contributed by atoms with Gasteiger partial charge in [0.15, 0.2) is 0 Å². The van der Waals surface area contributed by atoms with Crippen molar-refractivity contribution < 1.29 is 18.5 Å². The molecule has 4 nitrogen and oxygen atoms in total. The fourth-order valence-corrected chi connectivity index (χ4v) is 2.02. The molecule has 0 aromatic heterocycles. The van der Waals surface area contributed by atoms with Crippen LogP contribution in [0.5, 0.6) is 0 Å². The SMILES string of the molecule is CCCCCCCCOP(=O)(O)OCC. The van der Waals surface area contributed by atoms with E-state index in [4.69, 9.17) is 9.42 Å². The third kappa shape index (κ3) is 10.4. The van der Waals surface area contributed by atoms with Gasteiger partial charge in [-0.05, 0) is 13.3 Å². The molecule has 0 aliphatic rings. The molecule has 1 atom stereocenters. The van der Waals surface area contributed by atoms with Crippen LogP contribution in [0.25, 0.3) is 0 Å². The van der Waals surface area contributed by atoms with E-state index in [1.165, 1.54) is 25.7 Å². The van der Waals surface area contributed by atoms with Crippen LogP contribution in [0.15, 0.2) is 0 Å². The van der Waals surface area contributed by atoms with Crippen LogP contribution in [0, 0.1) is 0 Å². The standard InChI is InChI=1S/C10H23O4P/c1-3-5-6-7-8-9-10-14-15(11,12)13-4-2/h3-10H2,1-2H3,(H,11,12). The molecule has 0 amide bonds. The zero-order chi connectivity index (χ0) is 11.6. The fourth-order valence-electron chi connectivity index (χ4n) is 1.26. The van der Waals surface area contributed by atoms with Crippen molar-refractivity contribution in [3.05, 3.63) is 0 Å². The molecule has 0 saturated carbocycles. The van der Waals surface area contributed by atoms with Gasteiger partial charge in [-0.15, -0.1) is 0 Å². The molecule has 0 aliphatic carbocycles. The lowest BCUT2D eigenvalue weighted by Crippen LogP contribution is -1.96. The highest BCUT2D eigenvalue weighted by atomic mass is 31.2. The highest BCUT2D eigenvalue weighted by molar-refractivity contribution is 7.47. The van der Waals surface area contributed by atoms with E-state index in [2.05, 4.69) is 11.4 Å². The molecule has 0 fully saturated rings. The minimum atomic E-state index is -3.75. The highest BCUT2D eigenvalue weighted by Gasteiger charge is 2.18. The number of hydrogen-bond donors (Lipinski definition) is 1.